The summed E-state index contributed by atoms with van der Waals surface area (Å²) in [6.07, 6.45) is 0. The Hall–Kier alpha value is -8.40. The molecule has 2 aromatic heterocycles. The van der Waals surface area contributed by atoms with Crippen molar-refractivity contribution in [1.82, 2.24) is 4.57 Å². The molecule has 0 N–H and O–H groups in total. The van der Waals surface area contributed by atoms with Gasteiger partial charge in [-0.25, -0.2) is 0 Å². The van der Waals surface area contributed by atoms with Crippen molar-refractivity contribution in [3.8, 4) is 27.9 Å². The van der Waals surface area contributed by atoms with Crippen LogP contribution >= 0.6 is 0 Å². The van der Waals surface area contributed by atoms with Crippen LogP contribution in [-0.4, -0.2) is 4.57 Å². The fourth-order valence-corrected chi connectivity index (χ4v) is 10.1. The average molecular weight is 803 g/mol. The predicted octanol–water partition coefficient (Wildman–Crippen LogP) is 16.9. The van der Waals surface area contributed by atoms with E-state index in [0.29, 0.717) is 0 Å². The van der Waals surface area contributed by atoms with E-state index in [0.717, 1.165) is 72.2 Å². The van der Waals surface area contributed by atoms with Crippen molar-refractivity contribution in [2.75, 3.05) is 4.90 Å². The van der Waals surface area contributed by atoms with Crippen molar-refractivity contribution in [3.63, 3.8) is 0 Å². The number of rotatable bonds is 6. The number of fused-ring (bicyclic) bond motifs is 11. The van der Waals surface area contributed by atoms with E-state index >= 15 is 0 Å². The fourth-order valence-electron chi connectivity index (χ4n) is 10.1. The summed E-state index contributed by atoms with van der Waals surface area (Å²) in [7, 11) is 0. The van der Waals surface area contributed by atoms with Gasteiger partial charge in [-0.2, -0.15) is 0 Å². The molecule has 13 rings (SSSR count). The van der Waals surface area contributed by atoms with Crippen LogP contribution < -0.4 is 4.90 Å². The van der Waals surface area contributed by atoms with Crippen molar-refractivity contribution >= 4 is 93.1 Å². The molecule has 0 aliphatic heterocycles. The highest BCUT2D eigenvalue weighted by Crippen LogP contribution is 2.48. The lowest BCUT2D eigenvalue weighted by Crippen LogP contribution is -2.11. The van der Waals surface area contributed by atoms with Gasteiger partial charge in [-0.15, -0.1) is 0 Å². The van der Waals surface area contributed by atoms with E-state index < -0.39 is 0 Å². The topological polar surface area (TPSA) is 21.3 Å². The summed E-state index contributed by atoms with van der Waals surface area (Å²) in [6.45, 7) is 0. The summed E-state index contributed by atoms with van der Waals surface area (Å²) in [6, 6.07) is 83.4. The number of para-hydroxylation sites is 4. The van der Waals surface area contributed by atoms with E-state index in [1.165, 1.54) is 48.9 Å². The predicted molar refractivity (Wildman–Crippen MR) is 266 cm³/mol. The molecule has 0 spiro atoms. The third-order valence-corrected chi connectivity index (χ3v) is 13.0. The van der Waals surface area contributed by atoms with Gasteiger partial charge in [-0.1, -0.05) is 170 Å². The van der Waals surface area contributed by atoms with Gasteiger partial charge >= 0.3 is 0 Å². The normalized spacial score (nSPS) is 11.8. The number of hydrogen-bond acceptors (Lipinski definition) is 2. The van der Waals surface area contributed by atoms with Gasteiger partial charge in [0, 0.05) is 43.9 Å². The molecule has 11 aromatic carbocycles. The van der Waals surface area contributed by atoms with Gasteiger partial charge in [0.05, 0.1) is 22.4 Å². The summed E-state index contributed by atoms with van der Waals surface area (Å²) >= 11 is 0. The lowest BCUT2D eigenvalue weighted by molar-refractivity contribution is 0.673. The summed E-state index contributed by atoms with van der Waals surface area (Å²) in [5.41, 5.74) is 13.0. The molecule has 0 aliphatic carbocycles. The number of anilines is 3. The van der Waals surface area contributed by atoms with Gasteiger partial charge in [-0.05, 0) is 104 Å². The molecule has 0 amide bonds. The molecular formula is C60H38N2O. The third-order valence-electron chi connectivity index (χ3n) is 13.0. The minimum Gasteiger partial charge on any atom is -0.453 e. The van der Waals surface area contributed by atoms with Crippen molar-refractivity contribution in [3.05, 3.63) is 231 Å². The van der Waals surface area contributed by atoms with Crippen LogP contribution in [0.3, 0.4) is 0 Å². The highest BCUT2D eigenvalue weighted by Gasteiger charge is 2.24. The van der Waals surface area contributed by atoms with Crippen molar-refractivity contribution in [2.24, 2.45) is 0 Å². The Balaban J connectivity index is 1.01. The van der Waals surface area contributed by atoms with Gasteiger partial charge in [0.15, 0.2) is 5.58 Å². The van der Waals surface area contributed by atoms with Crippen molar-refractivity contribution < 1.29 is 4.42 Å². The first-order chi connectivity index (χ1) is 31.3. The number of benzene rings is 11. The third kappa shape index (κ3) is 5.53. The van der Waals surface area contributed by atoms with Crippen LogP contribution in [-0.2, 0) is 0 Å². The minimum atomic E-state index is 0.852. The highest BCUT2D eigenvalue weighted by atomic mass is 16.3. The summed E-state index contributed by atoms with van der Waals surface area (Å²) < 4.78 is 9.44. The minimum absolute atomic E-state index is 0.852. The average Bonchev–Trinajstić information content (AvgIpc) is 3.91. The van der Waals surface area contributed by atoms with Crippen LogP contribution in [0.2, 0.25) is 0 Å². The summed E-state index contributed by atoms with van der Waals surface area (Å²) in [5, 5.41) is 11.9. The molecule has 13 aromatic rings. The first-order valence-corrected chi connectivity index (χ1v) is 21.6. The zero-order valence-corrected chi connectivity index (χ0v) is 34.2. The van der Waals surface area contributed by atoms with E-state index in [1.54, 1.807) is 0 Å². The summed E-state index contributed by atoms with van der Waals surface area (Å²) in [4.78, 5) is 2.39. The first kappa shape index (κ1) is 35.4. The van der Waals surface area contributed by atoms with Crippen molar-refractivity contribution in [1.29, 1.82) is 0 Å². The molecule has 0 saturated carbocycles. The van der Waals surface area contributed by atoms with Gasteiger partial charge in [0.25, 0.3) is 0 Å². The Kier molecular flexibility index (Phi) is 7.91. The monoisotopic (exact) mass is 802 g/mol. The van der Waals surface area contributed by atoms with E-state index in [9.17, 15) is 0 Å². The highest BCUT2D eigenvalue weighted by molar-refractivity contribution is 6.19. The van der Waals surface area contributed by atoms with E-state index in [4.69, 9.17) is 4.42 Å². The second kappa shape index (κ2) is 14.1. The maximum absolute atomic E-state index is 7.05. The zero-order valence-electron chi connectivity index (χ0n) is 34.2. The SMILES string of the molecule is c1cc(-c2ccc(N(c3ccccc3-c3cc4ccccc4c4ccccc34)c3cccc4c3oc3c5ccccc5ccc43)cc2)cc(-n2c3ccccc3c3ccccc32)c1. The molecule has 0 fully saturated rings. The van der Waals surface area contributed by atoms with Gasteiger partial charge in [0.2, 0.25) is 0 Å². The molecule has 0 bridgehead atoms. The molecule has 63 heavy (non-hydrogen) atoms. The Morgan fingerprint density at radius 2 is 0.905 bits per heavy atom. The van der Waals surface area contributed by atoms with Crippen LogP contribution in [0.5, 0.6) is 0 Å². The maximum Gasteiger partial charge on any atom is 0.159 e. The smallest absolute Gasteiger partial charge is 0.159 e. The Bertz CT molecular complexity index is 3870. The first-order valence-electron chi connectivity index (χ1n) is 21.6. The number of hydrogen-bond donors (Lipinski definition) is 0. The number of nitrogens with zero attached hydrogens (tertiary/aromatic N) is 2. The lowest BCUT2D eigenvalue weighted by atomic mass is 9.92. The Labute approximate surface area is 363 Å². The van der Waals surface area contributed by atoms with Crippen LogP contribution in [0.25, 0.3) is 104 Å². The second-order valence-corrected chi connectivity index (χ2v) is 16.4. The summed E-state index contributed by atoms with van der Waals surface area (Å²) in [5.74, 6) is 0. The lowest BCUT2D eigenvalue weighted by Gasteiger charge is -2.28. The fraction of sp³-hybridized carbons (Fsp3) is 0. The Morgan fingerprint density at radius 3 is 1.70 bits per heavy atom. The van der Waals surface area contributed by atoms with Crippen LogP contribution in [0.1, 0.15) is 0 Å². The molecule has 2 heterocycles. The van der Waals surface area contributed by atoms with Gasteiger partial charge < -0.3 is 13.9 Å². The van der Waals surface area contributed by atoms with E-state index in [1.807, 2.05) is 0 Å². The molecule has 3 heteroatoms. The second-order valence-electron chi connectivity index (χ2n) is 16.4. The number of aromatic nitrogens is 1. The Morgan fingerprint density at radius 1 is 0.317 bits per heavy atom. The molecule has 0 saturated heterocycles. The van der Waals surface area contributed by atoms with Gasteiger partial charge in [-0.3, -0.25) is 0 Å². The largest absolute Gasteiger partial charge is 0.453 e. The van der Waals surface area contributed by atoms with Gasteiger partial charge in [0.1, 0.15) is 5.58 Å². The van der Waals surface area contributed by atoms with E-state index in [-0.39, 0.29) is 0 Å². The molecule has 294 valence electrons. The molecular weight excluding hydrogens is 765 g/mol. The maximum atomic E-state index is 7.05. The molecule has 3 nitrogen and oxygen atoms in total. The van der Waals surface area contributed by atoms with Crippen molar-refractivity contribution in [2.45, 2.75) is 0 Å². The van der Waals surface area contributed by atoms with Crippen LogP contribution in [0, 0.1) is 0 Å². The number of furan rings is 1. The van der Waals surface area contributed by atoms with Crippen LogP contribution in [0.15, 0.2) is 235 Å². The van der Waals surface area contributed by atoms with E-state index in [2.05, 4.69) is 240 Å². The zero-order chi connectivity index (χ0) is 41.4. The van der Waals surface area contributed by atoms with Crippen LogP contribution in [0.4, 0.5) is 17.1 Å². The molecule has 0 atom stereocenters. The quantitative estimate of drug-likeness (QED) is 0.156. The molecule has 0 radical (unpaired) electrons. The molecule has 0 unspecified atom stereocenters. The molecule has 0 aliphatic rings. The standard InChI is InChI=1S/C60H38N2O/c1-4-20-46-40(15-1)33-36-53-52-26-14-30-58(60(52)63-59(46)53)61(57-29-12-9-25-51(57)54-38-42-16-2-3-19-45(42)47-21-5-6-22-48(47)54)43-34-31-39(32-35-43)41-17-13-18-44(37-41)62-55-27-10-7-23-49(55)50-24-8-11-28-56(50)62/h1-38H.